The van der Waals surface area contributed by atoms with Crippen molar-refractivity contribution in [3.63, 3.8) is 0 Å². The molecule has 86 valence electrons. The molecule has 0 rings (SSSR count). The van der Waals surface area contributed by atoms with Crippen LogP contribution in [-0.4, -0.2) is 52.6 Å². The second-order valence-corrected chi connectivity index (χ2v) is 5.67. The first-order valence-corrected chi connectivity index (χ1v) is 7.18. The van der Waals surface area contributed by atoms with Gasteiger partial charge < -0.3 is 10.1 Å². The van der Waals surface area contributed by atoms with Crippen LogP contribution >= 0.6 is 11.6 Å². The lowest BCUT2D eigenvalue weighted by Gasteiger charge is -2.04. The molecule has 14 heavy (non-hydrogen) atoms. The maximum Gasteiger partial charge on any atom is 0.148 e. The standard InChI is InChI=1S/C8H18ClNO3S/c1-14(11,12)8-5-10-4-2-6-13-7-3-9/h10H,2-8H2,1H3. The van der Waals surface area contributed by atoms with Gasteiger partial charge in [0.2, 0.25) is 0 Å². The van der Waals surface area contributed by atoms with E-state index in [1.807, 2.05) is 0 Å². The van der Waals surface area contributed by atoms with Crippen molar-refractivity contribution in [1.29, 1.82) is 0 Å². The lowest BCUT2D eigenvalue weighted by molar-refractivity contribution is 0.146. The number of rotatable bonds is 9. The van der Waals surface area contributed by atoms with E-state index >= 15 is 0 Å². The summed E-state index contributed by atoms with van der Waals surface area (Å²) in [5, 5.41) is 3.03. The number of alkyl halides is 1. The van der Waals surface area contributed by atoms with Gasteiger partial charge in [0.1, 0.15) is 9.84 Å². The van der Waals surface area contributed by atoms with Crippen LogP contribution in [0.4, 0.5) is 0 Å². The van der Waals surface area contributed by atoms with Crippen LogP contribution in [0.5, 0.6) is 0 Å². The molecule has 0 saturated carbocycles. The Morgan fingerprint density at radius 1 is 1.29 bits per heavy atom. The van der Waals surface area contributed by atoms with Crippen molar-refractivity contribution < 1.29 is 13.2 Å². The average Bonchev–Trinajstić information content (AvgIpc) is 2.08. The summed E-state index contributed by atoms with van der Waals surface area (Å²) in [6.07, 6.45) is 2.11. The van der Waals surface area contributed by atoms with Crippen LogP contribution < -0.4 is 5.32 Å². The van der Waals surface area contributed by atoms with Crippen LogP contribution in [0, 0.1) is 0 Å². The van der Waals surface area contributed by atoms with E-state index < -0.39 is 9.84 Å². The number of nitrogens with one attached hydrogen (secondary N) is 1. The third kappa shape index (κ3) is 12.2. The molecule has 0 aromatic carbocycles. The Morgan fingerprint density at radius 2 is 2.00 bits per heavy atom. The van der Waals surface area contributed by atoms with Gasteiger partial charge in [-0.25, -0.2) is 8.42 Å². The fraction of sp³-hybridized carbons (Fsp3) is 1.00. The van der Waals surface area contributed by atoms with Gasteiger partial charge >= 0.3 is 0 Å². The molecule has 1 N–H and O–H groups in total. The molecule has 0 heterocycles. The van der Waals surface area contributed by atoms with E-state index in [2.05, 4.69) is 5.32 Å². The van der Waals surface area contributed by atoms with Crippen LogP contribution in [0.1, 0.15) is 6.42 Å². The largest absolute Gasteiger partial charge is 0.380 e. The summed E-state index contributed by atoms with van der Waals surface area (Å²) in [7, 11) is -2.84. The van der Waals surface area contributed by atoms with Gasteiger partial charge in [-0.05, 0) is 13.0 Å². The van der Waals surface area contributed by atoms with Crippen LogP contribution in [0.2, 0.25) is 0 Å². The summed E-state index contributed by atoms with van der Waals surface area (Å²) >= 11 is 5.41. The second-order valence-electron chi connectivity index (χ2n) is 3.03. The Morgan fingerprint density at radius 3 is 2.57 bits per heavy atom. The third-order valence-electron chi connectivity index (χ3n) is 1.51. The van der Waals surface area contributed by atoms with Crippen LogP contribution in [-0.2, 0) is 14.6 Å². The quantitative estimate of drug-likeness (QED) is 0.467. The maximum atomic E-state index is 10.7. The molecule has 0 radical (unpaired) electrons. The number of hydrogen-bond acceptors (Lipinski definition) is 4. The van der Waals surface area contributed by atoms with E-state index in [4.69, 9.17) is 16.3 Å². The number of ether oxygens (including phenoxy) is 1. The van der Waals surface area contributed by atoms with Gasteiger partial charge in [0.15, 0.2) is 0 Å². The van der Waals surface area contributed by atoms with Crippen molar-refractivity contribution in [2.24, 2.45) is 0 Å². The lowest BCUT2D eigenvalue weighted by atomic mass is 10.4. The number of sulfone groups is 1. The van der Waals surface area contributed by atoms with Gasteiger partial charge in [0.25, 0.3) is 0 Å². The Labute approximate surface area is 90.9 Å². The Hall–Kier alpha value is 0.160. The zero-order chi connectivity index (χ0) is 10.9. The molecule has 0 saturated heterocycles. The fourth-order valence-corrected chi connectivity index (χ4v) is 1.46. The highest BCUT2D eigenvalue weighted by atomic mass is 35.5. The molecule has 0 aliphatic rings. The smallest absolute Gasteiger partial charge is 0.148 e. The first-order valence-electron chi connectivity index (χ1n) is 4.58. The molecule has 4 nitrogen and oxygen atoms in total. The molecule has 0 bridgehead atoms. The van der Waals surface area contributed by atoms with Crippen LogP contribution in [0.3, 0.4) is 0 Å². The predicted molar refractivity (Wildman–Crippen MR) is 58.7 cm³/mol. The summed E-state index contributed by atoms with van der Waals surface area (Å²) in [5.74, 6) is 0.705. The number of hydrogen-bond donors (Lipinski definition) is 1. The van der Waals surface area contributed by atoms with Crippen molar-refractivity contribution in [2.75, 3.05) is 44.2 Å². The van der Waals surface area contributed by atoms with E-state index in [0.29, 0.717) is 25.6 Å². The maximum absolute atomic E-state index is 10.7. The third-order valence-corrected chi connectivity index (χ3v) is 2.61. The summed E-state index contributed by atoms with van der Waals surface area (Å²) in [6, 6.07) is 0. The van der Waals surface area contributed by atoms with Gasteiger partial charge in [-0.1, -0.05) is 0 Å². The van der Waals surface area contributed by atoms with Gasteiger partial charge in [-0.3, -0.25) is 0 Å². The topological polar surface area (TPSA) is 55.4 Å². The Kier molecular flexibility index (Phi) is 8.56. The second kappa shape index (κ2) is 8.47. The molecular weight excluding hydrogens is 226 g/mol. The highest BCUT2D eigenvalue weighted by molar-refractivity contribution is 7.90. The minimum absolute atomic E-state index is 0.190. The van der Waals surface area contributed by atoms with Crippen LogP contribution in [0.15, 0.2) is 0 Å². The van der Waals surface area contributed by atoms with E-state index in [9.17, 15) is 8.42 Å². The molecule has 0 aliphatic carbocycles. The monoisotopic (exact) mass is 243 g/mol. The molecule has 0 amide bonds. The highest BCUT2D eigenvalue weighted by Crippen LogP contribution is 1.84. The summed E-state index contributed by atoms with van der Waals surface area (Å²) in [5.41, 5.74) is 0. The first kappa shape index (κ1) is 14.2. The van der Waals surface area contributed by atoms with Crippen molar-refractivity contribution in [3.05, 3.63) is 0 Å². The van der Waals surface area contributed by atoms with Gasteiger partial charge in [-0.2, -0.15) is 0 Å². The van der Waals surface area contributed by atoms with Crippen molar-refractivity contribution in [3.8, 4) is 0 Å². The molecule has 0 atom stereocenters. The molecule has 0 fully saturated rings. The SMILES string of the molecule is CS(=O)(=O)CCNCCCOCCCl. The van der Waals surface area contributed by atoms with Gasteiger partial charge in [0, 0.05) is 25.3 Å². The van der Waals surface area contributed by atoms with Crippen LogP contribution in [0.25, 0.3) is 0 Å². The fourth-order valence-electron chi connectivity index (χ4n) is 0.838. The Balaban J connectivity index is 3.07. The minimum Gasteiger partial charge on any atom is -0.380 e. The molecular formula is C8H18ClNO3S. The molecule has 0 unspecified atom stereocenters. The zero-order valence-corrected chi connectivity index (χ0v) is 10.0. The van der Waals surface area contributed by atoms with Gasteiger partial charge in [0.05, 0.1) is 12.4 Å². The summed E-state index contributed by atoms with van der Waals surface area (Å²) < 4.78 is 26.6. The average molecular weight is 244 g/mol. The number of halogens is 1. The van der Waals surface area contributed by atoms with Gasteiger partial charge in [-0.15, -0.1) is 11.6 Å². The molecule has 0 aliphatic heterocycles. The predicted octanol–water partition coefficient (Wildman–Crippen LogP) is 0.266. The summed E-state index contributed by atoms with van der Waals surface area (Å²) in [4.78, 5) is 0. The normalized spacial score (nSPS) is 11.9. The molecule has 0 spiro atoms. The van der Waals surface area contributed by atoms with Crippen molar-refractivity contribution in [2.45, 2.75) is 6.42 Å². The van der Waals surface area contributed by atoms with Crippen molar-refractivity contribution >= 4 is 21.4 Å². The summed E-state index contributed by atoms with van der Waals surface area (Å²) in [6.45, 7) is 2.52. The zero-order valence-electron chi connectivity index (χ0n) is 8.46. The van der Waals surface area contributed by atoms with E-state index in [-0.39, 0.29) is 5.75 Å². The first-order chi connectivity index (χ1) is 6.56. The molecule has 6 heteroatoms. The molecule has 0 aromatic rings. The Bertz CT molecular complexity index is 219. The van der Waals surface area contributed by atoms with E-state index in [1.54, 1.807) is 0 Å². The van der Waals surface area contributed by atoms with E-state index in [1.165, 1.54) is 6.26 Å². The highest BCUT2D eigenvalue weighted by Gasteiger charge is 1.99. The lowest BCUT2D eigenvalue weighted by Crippen LogP contribution is -2.24. The van der Waals surface area contributed by atoms with E-state index in [0.717, 1.165) is 13.0 Å². The van der Waals surface area contributed by atoms with Crippen molar-refractivity contribution in [1.82, 2.24) is 5.32 Å². The molecule has 0 aromatic heterocycles. The minimum atomic E-state index is -2.84.